The van der Waals surface area contributed by atoms with Gasteiger partial charge in [-0.3, -0.25) is 14.9 Å². The quantitative estimate of drug-likeness (QED) is 0.876. The predicted molar refractivity (Wildman–Crippen MR) is 94.1 cm³/mol. The highest BCUT2D eigenvalue weighted by atomic mass is 35.5. The summed E-state index contributed by atoms with van der Waals surface area (Å²) < 4.78 is 0. The molecule has 2 aromatic rings. The molecule has 1 unspecified atom stereocenters. The van der Waals surface area contributed by atoms with E-state index in [1.807, 2.05) is 53.4 Å². The summed E-state index contributed by atoms with van der Waals surface area (Å²) in [4.78, 5) is 6.87. The number of rotatable bonds is 1. The number of nitrogens with zero attached hydrogens (tertiary/aromatic N) is 4. The van der Waals surface area contributed by atoms with Gasteiger partial charge in [0.15, 0.2) is 0 Å². The zero-order valence-electron chi connectivity index (χ0n) is 12.6. The van der Waals surface area contributed by atoms with E-state index in [4.69, 9.17) is 22.3 Å². The summed E-state index contributed by atoms with van der Waals surface area (Å²) in [6.07, 6.45) is -0.0175. The summed E-state index contributed by atoms with van der Waals surface area (Å²) >= 11 is 6.25. The van der Waals surface area contributed by atoms with E-state index < -0.39 is 0 Å². The van der Waals surface area contributed by atoms with Crippen molar-refractivity contribution in [2.24, 2.45) is 15.8 Å². The van der Waals surface area contributed by atoms with Crippen molar-refractivity contribution in [2.45, 2.75) is 6.17 Å². The minimum Gasteiger partial charge on any atom is -0.368 e. The fraction of sp³-hybridized carbons (Fsp3) is 0.176. The van der Waals surface area contributed by atoms with Crippen molar-refractivity contribution in [3.05, 3.63) is 64.7 Å². The SMILES string of the molecule is CN1N=C(N)N2c3ccc(Cl)cc3C(c3ccccc3)=NCC12. The number of hydrogen-bond acceptors (Lipinski definition) is 5. The van der Waals surface area contributed by atoms with Gasteiger partial charge in [0.2, 0.25) is 5.96 Å². The average molecular weight is 326 g/mol. The molecule has 2 aromatic carbocycles. The van der Waals surface area contributed by atoms with Gasteiger partial charge in [0.25, 0.3) is 0 Å². The first-order chi connectivity index (χ1) is 11.1. The molecule has 0 spiro atoms. The standard InChI is InChI=1S/C17H16ClN5/c1-22-15-10-20-16(11-5-3-2-4-6-11)13-9-12(18)7-8-14(13)23(15)17(19)21-22/h2-9,15H,10H2,1H3,(H2,19,21). The van der Waals surface area contributed by atoms with Crippen LogP contribution in [0.3, 0.4) is 0 Å². The third kappa shape index (κ3) is 2.24. The normalized spacial score (nSPS) is 19.7. The Balaban J connectivity index is 1.93. The molecule has 0 saturated heterocycles. The Hall–Kier alpha value is -2.53. The topological polar surface area (TPSA) is 57.2 Å². The van der Waals surface area contributed by atoms with E-state index in [1.54, 1.807) is 0 Å². The molecule has 0 fully saturated rings. The predicted octanol–water partition coefficient (Wildman–Crippen LogP) is 2.50. The maximum atomic E-state index is 6.25. The molecule has 0 radical (unpaired) electrons. The van der Waals surface area contributed by atoms with Crippen molar-refractivity contribution < 1.29 is 0 Å². The Morgan fingerprint density at radius 2 is 1.96 bits per heavy atom. The molecule has 1 atom stereocenters. The molecular formula is C17H16ClN5. The molecule has 2 N–H and O–H groups in total. The number of hydrogen-bond donors (Lipinski definition) is 1. The number of aliphatic imine (C=N–C) groups is 1. The summed E-state index contributed by atoms with van der Waals surface area (Å²) in [6.45, 7) is 0.581. The Morgan fingerprint density at radius 3 is 2.74 bits per heavy atom. The van der Waals surface area contributed by atoms with Gasteiger partial charge in [0.1, 0.15) is 6.17 Å². The summed E-state index contributed by atoms with van der Waals surface area (Å²) in [5.74, 6) is 0.477. The van der Waals surface area contributed by atoms with Crippen LogP contribution in [0, 0.1) is 0 Å². The number of halogens is 1. The average Bonchev–Trinajstić information content (AvgIpc) is 2.74. The molecule has 2 aliphatic rings. The van der Waals surface area contributed by atoms with Gasteiger partial charge in [-0.2, -0.15) is 0 Å². The second-order valence-corrected chi connectivity index (χ2v) is 6.04. The molecule has 0 aromatic heterocycles. The maximum Gasteiger partial charge on any atom is 0.220 e. The van der Waals surface area contributed by atoms with Gasteiger partial charge in [-0.25, -0.2) is 0 Å². The van der Waals surface area contributed by atoms with Crippen LogP contribution in [-0.4, -0.2) is 36.4 Å². The molecule has 0 bridgehead atoms. The lowest BCUT2D eigenvalue weighted by Crippen LogP contribution is -2.45. The Kier molecular flexibility index (Phi) is 3.23. The molecule has 4 rings (SSSR count). The van der Waals surface area contributed by atoms with Crippen LogP contribution in [-0.2, 0) is 0 Å². The lowest BCUT2D eigenvalue weighted by atomic mass is 10.0. The third-order valence-corrected chi connectivity index (χ3v) is 4.40. The van der Waals surface area contributed by atoms with Gasteiger partial charge >= 0.3 is 0 Å². The third-order valence-electron chi connectivity index (χ3n) is 4.17. The smallest absolute Gasteiger partial charge is 0.220 e. The van der Waals surface area contributed by atoms with Crippen LogP contribution in [0.5, 0.6) is 0 Å². The Morgan fingerprint density at radius 1 is 1.17 bits per heavy atom. The van der Waals surface area contributed by atoms with E-state index in [0.29, 0.717) is 17.5 Å². The van der Waals surface area contributed by atoms with Gasteiger partial charge < -0.3 is 5.73 Å². The van der Waals surface area contributed by atoms with Gasteiger partial charge in [-0.05, 0) is 18.2 Å². The monoisotopic (exact) mass is 325 g/mol. The van der Waals surface area contributed by atoms with E-state index in [0.717, 1.165) is 22.5 Å². The molecule has 0 amide bonds. The number of hydrazone groups is 1. The molecule has 0 saturated carbocycles. The van der Waals surface area contributed by atoms with Crippen LogP contribution in [0.15, 0.2) is 58.6 Å². The van der Waals surface area contributed by atoms with E-state index in [9.17, 15) is 0 Å². The van der Waals surface area contributed by atoms with E-state index in [2.05, 4.69) is 17.2 Å². The van der Waals surface area contributed by atoms with Crippen molar-refractivity contribution in [1.29, 1.82) is 0 Å². The largest absolute Gasteiger partial charge is 0.368 e. The highest BCUT2D eigenvalue weighted by Crippen LogP contribution is 2.33. The minimum atomic E-state index is -0.0175. The number of fused-ring (bicyclic) bond motifs is 3. The lowest BCUT2D eigenvalue weighted by Gasteiger charge is -2.27. The fourth-order valence-corrected chi connectivity index (χ4v) is 3.26. The molecule has 116 valence electrons. The van der Waals surface area contributed by atoms with Crippen molar-refractivity contribution in [1.82, 2.24) is 5.01 Å². The van der Waals surface area contributed by atoms with E-state index in [-0.39, 0.29) is 6.17 Å². The second-order valence-electron chi connectivity index (χ2n) is 5.60. The van der Waals surface area contributed by atoms with Crippen molar-refractivity contribution in [3.63, 3.8) is 0 Å². The number of benzene rings is 2. The molecule has 6 heteroatoms. The number of anilines is 1. The van der Waals surface area contributed by atoms with Crippen molar-refractivity contribution >= 4 is 29.0 Å². The van der Waals surface area contributed by atoms with Crippen LogP contribution in [0.25, 0.3) is 0 Å². The second kappa shape index (κ2) is 5.28. The van der Waals surface area contributed by atoms with Crippen molar-refractivity contribution in [2.75, 3.05) is 18.5 Å². The molecule has 2 aliphatic heterocycles. The van der Waals surface area contributed by atoms with E-state index >= 15 is 0 Å². The molecular weight excluding hydrogens is 310 g/mol. The number of guanidine groups is 1. The molecule has 5 nitrogen and oxygen atoms in total. The lowest BCUT2D eigenvalue weighted by molar-refractivity contribution is 0.292. The molecule has 23 heavy (non-hydrogen) atoms. The summed E-state index contributed by atoms with van der Waals surface area (Å²) in [6, 6.07) is 15.9. The number of nitrogens with two attached hydrogens (primary N) is 1. The van der Waals surface area contributed by atoms with Crippen LogP contribution in [0.1, 0.15) is 11.1 Å². The Bertz CT molecular complexity index is 815. The first-order valence-corrected chi connectivity index (χ1v) is 7.79. The Labute approximate surface area is 139 Å². The maximum absolute atomic E-state index is 6.25. The fourth-order valence-electron chi connectivity index (χ4n) is 3.09. The van der Waals surface area contributed by atoms with Gasteiger partial charge in [-0.15, -0.1) is 5.10 Å². The van der Waals surface area contributed by atoms with E-state index in [1.165, 1.54) is 0 Å². The summed E-state index contributed by atoms with van der Waals surface area (Å²) in [5.41, 5.74) is 10.1. The number of likely N-dealkylation sites (N-methyl/N-ethyl adjacent to an activating group) is 1. The molecule has 2 heterocycles. The zero-order valence-corrected chi connectivity index (χ0v) is 13.4. The minimum absolute atomic E-state index is 0.0175. The summed E-state index contributed by atoms with van der Waals surface area (Å²) in [7, 11) is 1.91. The first-order valence-electron chi connectivity index (χ1n) is 7.41. The van der Waals surface area contributed by atoms with Gasteiger partial charge in [0.05, 0.1) is 17.9 Å². The highest BCUT2D eigenvalue weighted by molar-refractivity contribution is 6.31. The van der Waals surface area contributed by atoms with Crippen LogP contribution >= 0.6 is 11.6 Å². The molecule has 0 aliphatic carbocycles. The van der Waals surface area contributed by atoms with Crippen LogP contribution in [0.4, 0.5) is 5.69 Å². The highest BCUT2D eigenvalue weighted by Gasteiger charge is 2.35. The van der Waals surface area contributed by atoms with Crippen LogP contribution < -0.4 is 10.6 Å². The summed E-state index contributed by atoms with van der Waals surface area (Å²) in [5, 5.41) is 6.87. The first kappa shape index (κ1) is 14.1. The van der Waals surface area contributed by atoms with Crippen LogP contribution in [0.2, 0.25) is 5.02 Å². The van der Waals surface area contributed by atoms with Crippen molar-refractivity contribution in [3.8, 4) is 0 Å². The van der Waals surface area contributed by atoms with Gasteiger partial charge in [0, 0.05) is 23.2 Å². The van der Waals surface area contributed by atoms with Gasteiger partial charge in [-0.1, -0.05) is 41.9 Å². The zero-order chi connectivity index (χ0) is 16.0.